The van der Waals surface area contributed by atoms with Gasteiger partial charge in [0.05, 0.1) is 5.75 Å². The van der Waals surface area contributed by atoms with E-state index in [-0.39, 0.29) is 29.3 Å². The van der Waals surface area contributed by atoms with Crippen LogP contribution in [0.4, 0.5) is 0 Å². The summed E-state index contributed by atoms with van der Waals surface area (Å²) in [7, 11) is -3.24. The molecule has 1 fully saturated rings. The van der Waals surface area contributed by atoms with Crippen LogP contribution in [0, 0.1) is 5.92 Å². The number of hydrogen-bond donors (Lipinski definition) is 1. The van der Waals surface area contributed by atoms with Crippen molar-refractivity contribution in [2.45, 2.75) is 32.7 Å². The smallest absolute Gasteiger partial charge is 0.270 e. The van der Waals surface area contributed by atoms with Crippen LogP contribution in [0.15, 0.2) is 36.5 Å². The molecule has 156 valence electrons. The van der Waals surface area contributed by atoms with Gasteiger partial charge in [0, 0.05) is 35.9 Å². The van der Waals surface area contributed by atoms with Gasteiger partial charge in [0.1, 0.15) is 5.69 Å². The molecule has 1 aliphatic heterocycles. The second kappa shape index (κ2) is 9.19. The van der Waals surface area contributed by atoms with Gasteiger partial charge in [-0.3, -0.25) is 4.79 Å². The van der Waals surface area contributed by atoms with Crippen LogP contribution < -0.4 is 5.32 Å². The number of amides is 1. The van der Waals surface area contributed by atoms with Crippen LogP contribution in [0.5, 0.6) is 0 Å². The van der Waals surface area contributed by atoms with E-state index < -0.39 is 10.0 Å². The second-order valence-corrected chi connectivity index (χ2v) is 10.0. The van der Waals surface area contributed by atoms with E-state index in [2.05, 4.69) is 15.3 Å². The summed E-state index contributed by atoms with van der Waals surface area (Å²) in [6.45, 7) is 4.62. The minimum atomic E-state index is -3.24. The highest BCUT2D eigenvalue weighted by Crippen LogP contribution is 2.19. The van der Waals surface area contributed by atoms with E-state index in [1.54, 1.807) is 36.5 Å². The second-order valence-electron chi connectivity index (χ2n) is 7.59. The number of aromatic nitrogens is 2. The van der Waals surface area contributed by atoms with Gasteiger partial charge < -0.3 is 5.32 Å². The quantitative estimate of drug-likeness (QED) is 0.751. The Bertz CT molecular complexity index is 956. The number of nitrogens with zero attached hydrogens (tertiary/aromatic N) is 3. The molecule has 0 unspecified atom stereocenters. The van der Waals surface area contributed by atoms with E-state index in [0.717, 1.165) is 5.56 Å². The van der Waals surface area contributed by atoms with Crippen molar-refractivity contribution in [3.05, 3.63) is 47.2 Å². The minimum Gasteiger partial charge on any atom is -0.348 e. The van der Waals surface area contributed by atoms with Gasteiger partial charge in [-0.1, -0.05) is 25.4 Å². The van der Waals surface area contributed by atoms with Crippen LogP contribution in [0.2, 0.25) is 5.02 Å². The number of carbonyl (C=O) groups excluding carboxylic acids is 1. The van der Waals surface area contributed by atoms with Crippen LogP contribution in [-0.2, 0) is 10.0 Å². The Morgan fingerprint density at radius 1 is 1.21 bits per heavy atom. The summed E-state index contributed by atoms with van der Waals surface area (Å²) in [6, 6.07) is 8.57. The van der Waals surface area contributed by atoms with E-state index in [4.69, 9.17) is 11.6 Å². The number of rotatable bonds is 6. The first-order valence-electron chi connectivity index (χ1n) is 9.62. The summed E-state index contributed by atoms with van der Waals surface area (Å²) >= 11 is 5.91. The molecule has 1 saturated heterocycles. The molecule has 29 heavy (non-hydrogen) atoms. The molecule has 0 aliphatic carbocycles. The van der Waals surface area contributed by atoms with E-state index >= 15 is 0 Å². The Labute approximate surface area is 176 Å². The van der Waals surface area contributed by atoms with Crippen LogP contribution in [0.1, 0.15) is 37.2 Å². The Balaban J connectivity index is 1.60. The maximum absolute atomic E-state index is 12.6. The van der Waals surface area contributed by atoms with E-state index in [1.165, 1.54) is 4.31 Å². The first-order valence-corrected chi connectivity index (χ1v) is 11.6. The van der Waals surface area contributed by atoms with Crippen molar-refractivity contribution in [3.63, 3.8) is 0 Å². The highest BCUT2D eigenvalue weighted by atomic mass is 35.5. The van der Waals surface area contributed by atoms with Crippen LogP contribution >= 0.6 is 11.6 Å². The van der Waals surface area contributed by atoms with Crippen LogP contribution in [0.3, 0.4) is 0 Å². The molecule has 1 N–H and O–H groups in total. The van der Waals surface area contributed by atoms with Gasteiger partial charge in [0.25, 0.3) is 5.91 Å². The molecule has 1 amide bonds. The molecule has 1 aromatic heterocycles. The zero-order valence-electron chi connectivity index (χ0n) is 16.5. The fourth-order valence-electron chi connectivity index (χ4n) is 3.29. The topological polar surface area (TPSA) is 92.3 Å². The monoisotopic (exact) mass is 436 g/mol. The summed E-state index contributed by atoms with van der Waals surface area (Å²) in [4.78, 5) is 21.2. The van der Waals surface area contributed by atoms with Crippen molar-refractivity contribution in [1.82, 2.24) is 19.6 Å². The van der Waals surface area contributed by atoms with Crippen molar-refractivity contribution in [3.8, 4) is 11.4 Å². The lowest BCUT2D eigenvalue weighted by Gasteiger charge is -2.32. The number of hydrogen-bond acceptors (Lipinski definition) is 5. The number of sulfonamides is 1. The maximum atomic E-state index is 12.6. The largest absolute Gasteiger partial charge is 0.348 e. The van der Waals surface area contributed by atoms with E-state index in [0.29, 0.717) is 36.8 Å². The number of halogens is 1. The standard InChI is InChI=1S/C20H25ClN4O3S/c1-14(2)13-29(27,28)25-11-8-17(9-12-25)23-20(26)18-7-10-22-19(24-18)15-3-5-16(21)6-4-15/h3-7,10,14,17H,8-9,11-13H2,1-2H3,(H,23,26). The molecule has 0 saturated carbocycles. The molecule has 0 atom stereocenters. The zero-order valence-corrected chi connectivity index (χ0v) is 18.1. The summed E-state index contributed by atoms with van der Waals surface area (Å²) in [6.07, 6.45) is 2.71. The lowest BCUT2D eigenvalue weighted by molar-refractivity contribution is 0.0918. The molecule has 9 heteroatoms. The Morgan fingerprint density at radius 3 is 2.48 bits per heavy atom. The molecule has 3 rings (SSSR count). The molecular weight excluding hydrogens is 412 g/mol. The third-order valence-corrected chi connectivity index (χ3v) is 7.21. The molecule has 1 aliphatic rings. The summed E-state index contributed by atoms with van der Waals surface area (Å²) in [5.41, 5.74) is 1.05. The summed E-state index contributed by atoms with van der Waals surface area (Å²) in [5.74, 6) is 0.401. The fraction of sp³-hybridized carbons (Fsp3) is 0.450. The molecular formula is C20H25ClN4O3S. The number of benzene rings is 1. The van der Waals surface area contributed by atoms with Crippen LogP contribution in [0.25, 0.3) is 11.4 Å². The minimum absolute atomic E-state index is 0.0815. The van der Waals surface area contributed by atoms with Crippen molar-refractivity contribution in [2.75, 3.05) is 18.8 Å². The maximum Gasteiger partial charge on any atom is 0.270 e. The Hall–Kier alpha value is -2.03. The lowest BCUT2D eigenvalue weighted by Crippen LogP contribution is -2.47. The molecule has 2 heterocycles. The average Bonchev–Trinajstić information content (AvgIpc) is 2.68. The molecule has 1 aromatic carbocycles. The van der Waals surface area contributed by atoms with Crippen molar-refractivity contribution in [2.24, 2.45) is 5.92 Å². The van der Waals surface area contributed by atoms with E-state index in [9.17, 15) is 13.2 Å². The highest BCUT2D eigenvalue weighted by molar-refractivity contribution is 7.89. The number of nitrogens with one attached hydrogen (secondary N) is 1. The Morgan fingerprint density at radius 2 is 1.86 bits per heavy atom. The van der Waals surface area contributed by atoms with Gasteiger partial charge in [-0.2, -0.15) is 0 Å². The third-order valence-electron chi connectivity index (χ3n) is 4.72. The first-order chi connectivity index (χ1) is 13.7. The molecule has 2 aromatic rings. The first kappa shape index (κ1) is 21.7. The Kier molecular flexibility index (Phi) is 6.87. The van der Waals surface area contributed by atoms with Gasteiger partial charge in [0.15, 0.2) is 5.82 Å². The van der Waals surface area contributed by atoms with Crippen molar-refractivity contribution in [1.29, 1.82) is 0 Å². The highest BCUT2D eigenvalue weighted by Gasteiger charge is 2.29. The van der Waals surface area contributed by atoms with Gasteiger partial charge >= 0.3 is 0 Å². The fourth-order valence-corrected chi connectivity index (χ4v) is 5.23. The molecule has 0 radical (unpaired) electrons. The summed E-state index contributed by atoms with van der Waals surface area (Å²) in [5, 5.41) is 3.58. The molecule has 0 bridgehead atoms. The van der Waals surface area contributed by atoms with E-state index in [1.807, 2.05) is 13.8 Å². The predicted molar refractivity (Wildman–Crippen MR) is 113 cm³/mol. The van der Waals surface area contributed by atoms with Crippen molar-refractivity contribution < 1.29 is 13.2 Å². The van der Waals surface area contributed by atoms with Crippen molar-refractivity contribution >= 4 is 27.5 Å². The lowest BCUT2D eigenvalue weighted by atomic mass is 10.1. The molecule has 0 spiro atoms. The zero-order chi connectivity index (χ0) is 21.0. The normalized spacial score (nSPS) is 16.1. The van der Waals surface area contributed by atoms with Gasteiger partial charge in [-0.15, -0.1) is 0 Å². The van der Waals surface area contributed by atoms with Gasteiger partial charge in [-0.05, 0) is 49.1 Å². The SMILES string of the molecule is CC(C)CS(=O)(=O)N1CCC(NC(=O)c2ccnc(-c3ccc(Cl)cc3)n2)CC1. The van der Waals surface area contributed by atoms with Crippen LogP contribution in [-0.4, -0.2) is 53.5 Å². The third kappa shape index (κ3) is 5.74. The predicted octanol–water partition coefficient (Wildman–Crippen LogP) is 2.98. The molecule has 7 nitrogen and oxygen atoms in total. The van der Waals surface area contributed by atoms with Gasteiger partial charge in [0.2, 0.25) is 10.0 Å². The number of piperidine rings is 1. The number of carbonyl (C=O) groups is 1. The van der Waals surface area contributed by atoms with Gasteiger partial charge in [-0.25, -0.2) is 22.7 Å². The average molecular weight is 437 g/mol. The summed E-state index contributed by atoms with van der Waals surface area (Å²) < 4.78 is 26.2.